The number of piperidine rings is 2. The zero-order valence-electron chi connectivity index (χ0n) is 20.7. The van der Waals surface area contributed by atoms with Crippen LogP contribution in [0.3, 0.4) is 0 Å². The Morgan fingerprint density at radius 1 is 1.11 bits per heavy atom. The predicted octanol–water partition coefficient (Wildman–Crippen LogP) is 2.31. The van der Waals surface area contributed by atoms with E-state index in [1.165, 1.54) is 6.92 Å². The third-order valence-electron chi connectivity index (χ3n) is 11.8. The summed E-state index contributed by atoms with van der Waals surface area (Å²) < 4.78 is 12.1. The summed E-state index contributed by atoms with van der Waals surface area (Å²) in [6, 6.07) is 8.96. The van der Waals surface area contributed by atoms with Crippen LogP contribution in [0.25, 0.3) is 0 Å². The van der Waals surface area contributed by atoms with Gasteiger partial charge in [0.15, 0.2) is 0 Å². The summed E-state index contributed by atoms with van der Waals surface area (Å²) in [6.45, 7) is 8.94. The minimum Gasteiger partial charge on any atom is -0.463 e. The Balaban J connectivity index is 1.30. The molecule has 1 aromatic carbocycles. The van der Waals surface area contributed by atoms with E-state index in [0.29, 0.717) is 30.4 Å². The molecule has 10 rings (SSSR count). The van der Waals surface area contributed by atoms with Crippen LogP contribution >= 0.6 is 0 Å². The summed E-state index contributed by atoms with van der Waals surface area (Å²) in [6.07, 6.45) is 1.05. The van der Waals surface area contributed by atoms with Gasteiger partial charge >= 0.3 is 11.9 Å². The third kappa shape index (κ3) is 2.03. The monoisotopic (exact) mass is 491 g/mol. The number of esters is 2. The number of aliphatic hydroxyl groups is 2. The lowest BCUT2D eigenvalue weighted by atomic mass is 9.39. The van der Waals surface area contributed by atoms with Crippen molar-refractivity contribution in [2.24, 2.45) is 34.0 Å². The zero-order chi connectivity index (χ0) is 25.0. The Morgan fingerprint density at radius 3 is 2.58 bits per heavy atom. The molecule has 190 valence electrons. The van der Waals surface area contributed by atoms with E-state index >= 15 is 0 Å². The molecule has 4 unspecified atom stereocenters. The van der Waals surface area contributed by atoms with Gasteiger partial charge in [0.25, 0.3) is 0 Å². The SMILES string of the molecule is C=C1C[C@]23C[C@H]4[C@@H]5[C@@]6(C)C[C@H](OC(C)=O)C[C@]57C(N4C6)C2(O)C(OC(=O)c2ccccc2)[C@H]1[C@@H](O)[C@@H]73. The van der Waals surface area contributed by atoms with Crippen LogP contribution in [0.2, 0.25) is 0 Å². The van der Waals surface area contributed by atoms with Crippen LogP contribution in [0.1, 0.15) is 49.9 Å². The molecule has 7 nitrogen and oxygen atoms in total. The summed E-state index contributed by atoms with van der Waals surface area (Å²) in [4.78, 5) is 27.8. The number of rotatable bonds is 3. The van der Waals surface area contributed by atoms with Crippen molar-refractivity contribution in [2.75, 3.05) is 6.54 Å². The van der Waals surface area contributed by atoms with Crippen molar-refractivity contribution in [3.8, 4) is 0 Å². The molecule has 2 N–H and O–H groups in total. The molecule has 0 aromatic heterocycles. The fourth-order valence-electron chi connectivity index (χ4n) is 11.8. The fraction of sp³-hybridized carbons (Fsp3) is 0.655. The van der Waals surface area contributed by atoms with Gasteiger partial charge in [0, 0.05) is 48.2 Å². The quantitative estimate of drug-likeness (QED) is 0.495. The molecular weight excluding hydrogens is 458 g/mol. The van der Waals surface area contributed by atoms with Crippen LogP contribution in [-0.4, -0.2) is 69.6 Å². The lowest BCUT2D eigenvalue weighted by Gasteiger charge is -2.68. The molecular formula is C29H33NO6. The normalized spacial score (nSPS) is 56.2. The Bertz CT molecular complexity index is 1230. The van der Waals surface area contributed by atoms with Gasteiger partial charge in [-0.2, -0.15) is 0 Å². The van der Waals surface area contributed by atoms with Crippen molar-refractivity contribution in [3.05, 3.63) is 48.0 Å². The lowest BCUT2D eigenvalue weighted by molar-refractivity contribution is -0.279. The predicted molar refractivity (Wildman–Crippen MR) is 127 cm³/mol. The van der Waals surface area contributed by atoms with Crippen LogP contribution in [0.5, 0.6) is 0 Å². The molecule has 2 spiro atoms. The highest BCUT2D eigenvalue weighted by Gasteiger charge is 2.95. The maximum atomic E-state index is 13.3. The molecule has 6 saturated carbocycles. The Kier molecular flexibility index (Phi) is 3.79. The first-order valence-corrected chi connectivity index (χ1v) is 13.4. The minimum absolute atomic E-state index is 0.0405. The Hall–Kier alpha value is -2.22. The van der Waals surface area contributed by atoms with E-state index in [2.05, 4.69) is 18.4 Å². The maximum Gasteiger partial charge on any atom is 0.338 e. The molecule has 13 atom stereocenters. The van der Waals surface area contributed by atoms with Gasteiger partial charge in [-0.15, -0.1) is 0 Å². The average molecular weight is 492 g/mol. The Morgan fingerprint density at radius 2 is 1.86 bits per heavy atom. The molecule has 3 aliphatic heterocycles. The van der Waals surface area contributed by atoms with E-state index in [1.54, 1.807) is 24.3 Å². The highest BCUT2D eigenvalue weighted by atomic mass is 16.6. The van der Waals surface area contributed by atoms with Gasteiger partial charge in [0.05, 0.1) is 11.7 Å². The summed E-state index contributed by atoms with van der Waals surface area (Å²) in [5.41, 5.74) is -0.977. The van der Waals surface area contributed by atoms with Crippen LogP contribution in [0, 0.1) is 34.0 Å². The van der Waals surface area contributed by atoms with Gasteiger partial charge in [-0.1, -0.05) is 37.3 Å². The maximum absolute atomic E-state index is 13.3. The molecule has 36 heavy (non-hydrogen) atoms. The van der Waals surface area contributed by atoms with Crippen molar-refractivity contribution < 1.29 is 29.3 Å². The number of nitrogens with zero attached hydrogens (tertiary/aromatic N) is 1. The van der Waals surface area contributed by atoms with Crippen LogP contribution < -0.4 is 0 Å². The largest absolute Gasteiger partial charge is 0.463 e. The summed E-state index contributed by atoms with van der Waals surface area (Å²) in [5.74, 6) is -1.08. The van der Waals surface area contributed by atoms with Crippen LogP contribution in [0.15, 0.2) is 42.5 Å². The van der Waals surface area contributed by atoms with Gasteiger partial charge in [-0.3, -0.25) is 9.69 Å². The number of ether oxygens (including phenoxy) is 2. The van der Waals surface area contributed by atoms with Gasteiger partial charge in [0.2, 0.25) is 0 Å². The smallest absolute Gasteiger partial charge is 0.338 e. The van der Waals surface area contributed by atoms with E-state index in [1.807, 2.05) is 6.07 Å². The fourth-order valence-corrected chi connectivity index (χ4v) is 11.8. The first-order chi connectivity index (χ1) is 17.1. The number of fused-ring (bicyclic) bond motifs is 1. The summed E-state index contributed by atoms with van der Waals surface area (Å²) in [5, 5.41) is 25.0. The molecule has 3 saturated heterocycles. The number of carbonyl (C=O) groups excluding carboxylic acids is 2. The van der Waals surface area contributed by atoms with Crippen LogP contribution in [0.4, 0.5) is 0 Å². The van der Waals surface area contributed by atoms with Gasteiger partial charge in [-0.05, 0) is 49.1 Å². The molecule has 7 heteroatoms. The first kappa shape index (κ1) is 21.8. The van der Waals surface area contributed by atoms with E-state index in [-0.39, 0.29) is 34.9 Å². The second-order valence-corrected chi connectivity index (χ2v) is 13.2. The molecule has 3 heterocycles. The zero-order valence-corrected chi connectivity index (χ0v) is 20.7. The number of benzene rings is 1. The van der Waals surface area contributed by atoms with Crippen molar-refractivity contribution in [2.45, 2.75) is 75.5 Å². The summed E-state index contributed by atoms with van der Waals surface area (Å²) in [7, 11) is 0. The third-order valence-corrected chi connectivity index (χ3v) is 11.8. The minimum atomic E-state index is -1.28. The van der Waals surface area contributed by atoms with E-state index < -0.39 is 35.1 Å². The lowest BCUT2D eigenvalue weighted by Crippen LogP contribution is -2.77. The molecule has 9 fully saturated rings. The van der Waals surface area contributed by atoms with Crippen molar-refractivity contribution >= 4 is 11.9 Å². The van der Waals surface area contributed by atoms with E-state index in [4.69, 9.17) is 9.47 Å². The number of carbonyl (C=O) groups is 2. The number of hydrogen-bond acceptors (Lipinski definition) is 7. The average Bonchev–Trinajstić information content (AvgIpc) is 3.22. The number of hydrogen-bond donors (Lipinski definition) is 2. The molecule has 0 radical (unpaired) electrons. The van der Waals surface area contributed by atoms with E-state index in [0.717, 1.165) is 25.0 Å². The van der Waals surface area contributed by atoms with Crippen molar-refractivity contribution in [1.82, 2.24) is 4.90 Å². The van der Waals surface area contributed by atoms with Crippen LogP contribution in [-0.2, 0) is 14.3 Å². The highest BCUT2D eigenvalue weighted by molar-refractivity contribution is 5.89. The molecule has 1 aromatic rings. The molecule has 9 aliphatic rings. The van der Waals surface area contributed by atoms with Gasteiger partial charge in [0.1, 0.15) is 17.8 Å². The second-order valence-electron chi connectivity index (χ2n) is 13.2. The number of aliphatic hydroxyl groups excluding tert-OH is 1. The second kappa shape index (κ2) is 6.25. The molecule has 9 bridgehead atoms. The first-order valence-electron chi connectivity index (χ1n) is 13.4. The standard InChI is InChI=1S/C29H33NO6/c1-14-9-27-12-18-21-26(3)10-17(35-15(2)31)11-28(21)22(27)20(32)19(14)23(29(27,34)25(28)30(18)13-26)36-24(33)16-7-5-4-6-8-16/h4-8,17-23,25,32,34H,1,9-13H2,2-3H3/t17-,18-,19+,20+,21+,22+,23?,25?,26-,27+,28-,29?/m0/s1. The Labute approximate surface area is 210 Å². The topological polar surface area (TPSA) is 96.3 Å². The molecule has 6 aliphatic carbocycles. The van der Waals surface area contributed by atoms with Gasteiger partial charge in [-0.25, -0.2) is 4.79 Å². The van der Waals surface area contributed by atoms with Crippen molar-refractivity contribution in [1.29, 1.82) is 0 Å². The van der Waals surface area contributed by atoms with Crippen molar-refractivity contribution in [3.63, 3.8) is 0 Å². The molecule has 0 amide bonds. The van der Waals surface area contributed by atoms with E-state index in [9.17, 15) is 19.8 Å². The summed E-state index contributed by atoms with van der Waals surface area (Å²) >= 11 is 0. The highest BCUT2D eigenvalue weighted by Crippen LogP contribution is 2.88. The van der Waals surface area contributed by atoms with Gasteiger partial charge < -0.3 is 19.7 Å².